The van der Waals surface area contributed by atoms with Crippen molar-refractivity contribution in [2.75, 3.05) is 0 Å². The molecule has 0 N–H and O–H groups in total. The lowest BCUT2D eigenvalue weighted by Gasteiger charge is -1.87. The molecule has 0 heteroatoms. The summed E-state index contributed by atoms with van der Waals surface area (Å²) in [6, 6.07) is 0. The molecule has 0 unspecified atom stereocenters. The van der Waals surface area contributed by atoms with Gasteiger partial charge in [0.15, 0.2) is 0 Å². The first-order valence-corrected chi connectivity index (χ1v) is 5.12. The van der Waals surface area contributed by atoms with Crippen molar-refractivity contribution < 1.29 is 0 Å². The van der Waals surface area contributed by atoms with Crippen molar-refractivity contribution in [3.63, 3.8) is 0 Å². The van der Waals surface area contributed by atoms with E-state index in [0.717, 1.165) is 12.8 Å². The third-order valence-corrected chi connectivity index (χ3v) is 1.99. The summed E-state index contributed by atoms with van der Waals surface area (Å²) in [7, 11) is 0. The average Bonchev–Trinajstić information content (AvgIpc) is 2.18. The Labute approximate surface area is 81.4 Å². The Kier molecular flexibility index (Phi) is 5.87. The summed E-state index contributed by atoms with van der Waals surface area (Å²) in [5.41, 5.74) is 0. The minimum atomic E-state index is 1.06. The zero-order valence-electron chi connectivity index (χ0n) is 8.15. The SMILES string of the molecule is C1=CC/C=C/CCC=CCC/C=C/1. The van der Waals surface area contributed by atoms with Gasteiger partial charge in [0.05, 0.1) is 0 Å². The lowest BCUT2D eigenvalue weighted by molar-refractivity contribution is 1.00. The van der Waals surface area contributed by atoms with Crippen molar-refractivity contribution in [1.29, 1.82) is 0 Å². The maximum Gasteiger partial charge on any atom is -0.0166 e. The van der Waals surface area contributed by atoms with Crippen LogP contribution in [-0.2, 0) is 0 Å². The first kappa shape index (κ1) is 10.0. The zero-order chi connectivity index (χ0) is 9.19. The van der Waals surface area contributed by atoms with Crippen LogP contribution in [0.15, 0.2) is 48.6 Å². The van der Waals surface area contributed by atoms with Crippen LogP contribution in [0.4, 0.5) is 0 Å². The third-order valence-electron chi connectivity index (χ3n) is 1.99. The van der Waals surface area contributed by atoms with Crippen LogP contribution in [0.5, 0.6) is 0 Å². The van der Waals surface area contributed by atoms with Crippen LogP contribution in [-0.4, -0.2) is 0 Å². The van der Waals surface area contributed by atoms with Gasteiger partial charge in [0.25, 0.3) is 0 Å². The number of allylic oxidation sites excluding steroid dienone is 8. The number of hydrogen-bond acceptors (Lipinski definition) is 0. The van der Waals surface area contributed by atoms with E-state index in [1.165, 1.54) is 19.3 Å². The molecule has 0 saturated heterocycles. The van der Waals surface area contributed by atoms with Crippen LogP contribution in [0.25, 0.3) is 0 Å². The summed E-state index contributed by atoms with van der Waals surface area (Å²) in [6.45, 7) is 0. The molecule has 0 heterocycles. The highest BCUT2D eigenvalue weighted by atomic mass is 13.9. The predicted molar refractivity (Wildman–Crippen MR) is 59.6 cm³/mol. The largest absolute Gasteiger partial charge is 0.0882 e. The molecule has 0 spiro atoms. The molecule has 1 aliphatic carbocycles. The molecule has 0 aromatic heterocycles. The third kappa shape index (κ3) is 6.15. The van der Waals surface area contributed by atoms with E-state index in [1.807, 2.05) is 0 Å². The van der Waals surface area contributed by atoms with E-state index in [9.17, 15) is 0 Å². The van der Waals surface area contributed by atoms with Crippen LogP contribution in [0.1, 0.15) is 32.1 Å². The molecule has 0 radical (unpaired) electrons. The Bertz CT molecular complexity index is 216. The number of rotatable bonds is 0. The van der Waals surface area contributed by atoms with Crippen molar-refractivity contribution >= 4 is 0 Å². The Morgan fingerprint density at radius 1 is 0.462 bits per heavy atom. The minimum Gasteiger partial charge on any atom is -0.0882 e. The van der Waals surface area contributed by atoms with Gasteiger partial charge in [0.1, 0.15) is 0 Å². The van der Waals surface area contributed by atoms with Gasteiger partial charge in [-0.1, -0.05) is 48.6 Å². The van der Waals surface area contributed by atoms with Crippen LogP contribution < -0.4 is 0 Å². The lowest BCUT2D eigenvalue weighted by atomic mass is 10.2. The molecule has 1 rings (SSSR count). The standard InChI is InChI=1S/C13H18/c1-2-4-6-8-10-12-13-11-9-7-5-3-1/h1-4,7,9-10,12H,5-6,8,11,13H2/b3-1?,4-2+,9-7+,12-10?. The predicted octanol–water partition coefficient (Wildman–Crippen LogP) is 4.18. The summed E-state index contributed by atoms with van der Waals surface area (Å²) in [5.74, 6) is 0. The Morgan fingerprint density at radius 3 is 1.77 bits per heavy atom. The van der Waals surface area contributed by atoms with Crippen LogP contribution in [0, 0.1) is 0 Å². The molecule has 0 saturated carbocycles. The van der Waals surface area contributed by atoms with Crippen LogP contribution in [0.2, 0.25) is 0 Å². The normalized spacial score (nSPS) is 24.0. The van der Waals surface area contributed by atoms with Gasteiger partial charge >= 0.3 is 0 Å². The summed E-state index contributed by atoms with van der Waals surface area (Å²) in [4.78, 5) is 0. The number of hydrogen-bond donors (Lipinski definition) is 0. The molecule has 0 nitrogen and oxygen atoms in total. The monoisotopic (exact) mass is 174 g/mol. The van der Waals surface area contributed by atoms with E-state index in [1.54, 1.807) is 0 Å². The van der Waals surface area contributed by atoms with E-state index < -0.39 is 0 Å². The van der Waals surface area contributed by atoms with Gasteiger partial charge in [-0.05, 0) is 32.1 Å². The van der Waals surface area contributed by atoms with Crippen LogP contribution >= 0.6 is 0 Å². The maximum absolute atomic E-state index is 2.28. The fraction of sp³-hybridized carbons (Fsp3) is 0.385. The Balaban J connectivity index is 2.38. The van der Waals surface area contributed by atoms with Gasteiger partial charge in [-0.2, -0.15) is 0 Å². The second kappa shape index (κ2) is 7.60. The Morgan fingerprint density at radius 2 is 1.00 bits per heavy atom. The van der Waals surface area contributed by atoms with Crippen molar-refractivity contribution in [2.45, 2.75) is 32.1 Å². The molecular weight excluding hydrogens is 156 g/mol. The summed E-state index contributed by atoms with van der Waals surface area (Å²) >= 11 is 0. The molecule has 0 aliphatic heterocycles. The van der Waals surface area contributed by atoms with E-state index in [-0.39, 0.29) is 0 Å². The molecular formula is C13H18. The first-order valence-electron chi connectivity index (χ1n) is 5.12. The first-order chi connectivity index (χ1) is 6.50. The van der Waals surface area contributed by atoms with Gasteiger partial charge in [0.2, 0.25) is 0 Å². The minimum absolute atomic E-state index is 1.06. The van der Waals surface area contributed by atoms with Gasteiger partial charge < -0.3 is 0 Å². The summed E-state index contributed by atoms with van der Waals surface area (Å²) in [6.07, 6.45) is 23.5. The van der Waals surface area contributed by atoms with E-state index in [2.05, 4.69) is 48.6 Å². The maximum atomic E-state index is 2.28. The fourth-order valence-electron chi connectivity index (χ4n) is 1.25. The van der Waals surface area contributed by atoms with E-state index in [0.29, 0.717) is 0 Å². The van der Waals surface area contributed by atoms with Gasteiger partial charge in [0, 0.05) is 0 Å². The topological polar surface area (TPSA) is 0 Å². The molecule has 0 fully saturated rings. The highest BCUT2D eigenvalue weighted by molar-refractivity contribution is 5.05. The van der Waals surface area contributed by atoms with Gasteiger partial charge in [-0.15, -0.1) is 0 Å². The van der Waals surface area contributed by atoms with Crippen molar-refractivity contribution in [1.82, 2.24) is 0 Å². The lowest BCUT2D eigenvalue weighted by Crippen LogP contribution is -1.66. The van der Waals surface area contributed by atoms with Crippen LogP contribution in [0.3, 0.4) is 0 Å². The highest BCUT2D eigenvalue weighted by Gasteiger charge is 1.79. The molecule has 0 aromatic rings. The fourth-order valence-corrected chi connectivity index (χ4v) is 1.25. The molecule has 0 amide bonds. The molecule has 0 aromatic carbocycles. The van der Waals surface area contributed by atoms with E-state index in [4.69, 9.17) is 0 Å². The second-order valence-corrected chi connectivity index (χ2v) is 3.19. The average molecular weight is 174 g/mol. The smallest absolute Gasteiger partial charge is 0.0166 e. The summed E-state index contributed by atoms with van der Waals surface area (Å²) < 4.78 is 0. The molecule has 0 atom stereocenters. The van der Waals surface area contributed by atoms with Gasteiger partial charge in [-0.25, -0.2) is 0 Å². The summed E-state index contributed by atoms with van der Waals surface area (Å²) in [5, 5.41) is 0. The Hall–Kier alpha value is -1.04. The molecule has 13 heavy (non-hydrogen) atoms. The molecule has 70 valence electrons. The zero-order valence-corrected chi connectivity index (χ0v) is 8.15. The van der Waals surface area contributed by atoms with E-state index >= 15 is 0 Å². The second-order valence-electron chi connectivity index (χ2n) is 3.19. The highest BCUT2D eigenvalue weighted by Crippen LogP contribution is 2.00. The molecule has 1 aliphatic rings. The quantitative estimate of drug-likeness (QED) is 0.483. The van der Waals surface area contributed by atoms with Crippen molar-refractivity contribution in [2.24, 2.45) is 0 Å². The van der Waals surface area contributed by atoms with Crippen molar-refractivity contribution in [3.8, 4) is 0 Å². The molecule has 0 bridgehead atoms. The van der Waals surface area contributed by atoms with Crippen molar-refractivity contribution in [3.05, 3.63) is 48.6 Å². The van der Waals surface area contributed by atoms with Gasteiger partial charge in [-0.3, -0.25) is 0 Å².